The Bertz CT molecular complexity index is 616. The van der Waals surface area contributed by atoms with Gasteiger partial charge in [-0.15, -0.1) is 0 Å². The number of hydrogen-bond acceptors (Lipinski definition) is 2. The second-order valence-corrected chi connectivity index (χ2v) is 6.46. The molecule has 2 nitrogen and oxygen atoms in total. The van der Waals surface area contributed by atoms with E-state index in [0.717, 1.165) is 18.6 Å². The first kappa shape index (κ1) is 17.6. The highest BCUT2D eigenvalue weighted by Crippen LogP contribution is 2.30. The van der Waals surface area contributed by atoms with E-state index in [9.17, 15) is 0 Å². The van der Waals surface area contributed by atoms with Crippen LogP contribution in [0.2, 0.25) is 0 Å². The van der Waals surface area contributed by atoms with Gasteiger partial charge in [0.1, 0.15) is 5.75 Å². The number of hydrogen-bond donors (Lipinski definition) is 1. The lowest BCUT2D eigenvalue weighted by Gasteiger charge is -2.20. The van der Waals surface area contributed by atoms with Gasteiger partial charge < -0.3 is 10.5 Å². The molecular weight excluding hydrogens is 282 g/mol. The lowest BCUT2D eigenvalue weighted by atomic mass is 9.89. The van der Waals surface area contributed by atoms with E-state index in [1.807, 2.05) is 0 Å². The number of nitrogens with two attached hydrogens (primary N) is 1. The molecule has 0 aliphatic heterocycles. The van der Waals surface area contributed by atoms with Crippen LogP contribution in [0.25, 0.3) is 0 Å². The molecule has 0 saturated heterocycles. The molecule has 0 aromatic heterocycles. The number of methoxy groups -OCH3 is 1. The Morgan fingerprint density at radius 1 is 1.00 bits per heavy atom. The van der Waals surface area contributed by atoms with Crippen molar-refractivity contribution < 1.29 is 4.74 Å². The van der Waals surface area contributed by atoms with Crippen molar-refractivity contribution in [1.29, 1.82) is 0 Å². The summed E-state index contributed by atoms with van der Waals surface area (Å²) in [5.74, 6) is 1.79. The quantitative estimate of drug-likeness (QED) is 0.806. The zero-order chi connectivity index (χ0) is 16.8. The lowest BCUT2D eigenvalue weighted by Crippen LogP contribution is -2.16. The topological polar surface area (TPSA) is 35.2 Å². The van der Waals surface area contributed by atoms with Gasteiger partial charge in [0, 0.05) is 5.92 Å². The molecular formula is C21H29NO. The van der Waals surface area contributed by atoms with Crippen molar-refractivity contribution in [2.24, 2.45) is 5.73 Å². The molecule has 0 bridgehead atoms. The summed E-state index contributed by atoms with van der Waals surface area (Å²) in [7, 11) is 1.73. The molecule has 0 heterocycles. The molecule has 0 fully saturated rings. The van der Waals surface area contributed by atoms with E-state index in [2.05, 4.69) is 63.2 Å². The average molecular weight is 311 g/mol. The Morgan fingerprint density at radius 2 is 1.65 bits per heavy atom. The van der Waals surface area contributed by atoms with Gasteiger partial charge in [-0.1, -0.05) is 57.2 Å². The lowest BCUT2D eigenvalue weighted by molar-refractivity contribution is 0.405. The average Bonchev–Trinajstić information content (AvgIpc) is 2.59. The fourth-order valence-corrected chi connectivity index (χ4v) is 2.97. The summed E-state index contributed by atoms with van der Waals surface area (Å²) in [6.07, 6.45) is 1.97. The van der Waals surface area contributed by atoms with Crippen LogP contribution in [0.15, 0.2) is 42.5 Å². The fraction of sp³-hybridized carbons (Fsp3) is 0.429. The largest absolute Gasteiger partial charge is 0.496 e. The predicted octanol–water partition coefficient (Wildman–Crippen LogP) is 4.67. The first-order valence-electron chi connectivity index (χ1n) is 8.54. The molecule has 23 heavy (non-hydrogen) atoms. The van der Waals surface area contributed by atoms with Gasteiger partial charge in [-0.2, -0.15) is 0 Å². The third-order valence-electron chi connectivity index (χ3n) is 4.56. The maximum atomic E-state index is 6.09. The van der Waals surface area contributed by atoms with Crippen LogP contribution in [0.4, 0.5) is 0 Å². The first-order valence-corrected chi connectivity index (χ1v) is 8.54. The normalized spacial score (nSPS) is 12.4. The van der Waals surface area contributed by atoms with Crippen LogP contribution in [-0.4, -0.2) is 13.7 Å². The van der Waals surface area contributed by atoms with E-state index >= 15 is 0 Å². The van der Waals surface area contributed by atoms with Crippen LogP contribution < -0.4 is 10.5 Å². The standard InChI is InChI=1S/C21H29NO/c1-5-16-8-11-21(23-4)20(13-16)19(14-22)12-17-6-9-18(10-7-17)15(2)3/h6-11,13,15,19H,5,12,14,22H2,1-4H3. The van der Waals surface area contributed by atoms with Crippen LogP contribution >= 0.6 is 0 Å². The second-order valence-electron chi connectivity index (χ2n) is 6.46. The highest BCUT2D eigenvalue weighted by Gasteiger charge is 2.16. The van der Waals surface area contributed by atoms with Gasteiger partial charge in [0.2, 0.25) is 0 Å². The van der Waals surface area contributed by atoms with Gasteiger partial charge in [-0.3, -0.25) is 0 Å². The summed E-state index contributed by atoms with van der Waals surface area (Å²) in [5.41, 5.74) is 11.3. The van der Waals surface area contributed by atoms with Gasteiger partial charge in [0.05, 0.1) is 7.11 Å². The molecule has 0 saturated carbocycles. The third kappa shape index (κ3) is 4.35. The maximum Gasteiger partial charge on any atom is 0.122 e. The minimum absolute atomic E-state index is 0.279. The Balaban J connectivity index is 2.25. The summed E-state index contributed by atoms with van der Waals surface area (Å²) in [5, 5.41) is 0. The van der Waals surface area contributed by atoms with E-state index < -0.39 is 0 Å². The molecule has 0 amide bonds. The van der Waals surface area contributed by atoms with Crippen LogP contribution in [0, 0.1) is 0 Å². The molecule has 124 valence electrons. The van der Waals surface area contributed by atoms with Crippen molar-refractivity contribution in [3.63, 3.8) is 0 Å². The fourth-order valence-electron chi connectivity index (χ4n) is 2.97. The molecule has 1 unspecified atom stereocenters. The van der Waals surface area contributed by atoms with Crippen LogP contribution in [0.1, 0.15) is 54.9 Å². The van der Waals surface area contributed by atoms with Gasteiger partial charge in [-0.05, 0) is 53.6 Å². The van der Waals surface area contributed by atoms with Crippen molar-refractivity contribution in [2.45, 2.75) is 45.4 Å². The molecule has 0 aliphatic carbocycles. The highest BCUT2D eigenvalue weighted by atomic mass is 16.5. The van der Waals surface area contributed by atoms with E-state index in [1.54, 1.807) is 7.11 Å². The Morgan fingerprint density at radius 3 is 2.17 bits per heavy atom. The molecule has 1 atom stereocenters. The minimum atomic E-state index is 0.279. The number of rotatable bonds is 7. The van der Waals surface area contributed by atoms with Crippen molar-refractivity contribution in [1.82, 2.24) is 0 Å². The second kappa shape index (κ2) is 8.16. The van der Waals surface area contributed by atoms with Gasteiger partial charge in [-0.25, -0.2) is 0 Å². The molecule has 2 rings (SSSR count). The smallest absolute Gasteiger partial charge is 0.122 e. The van der Waals surface area contributed by atoms with E-state index in [0.29, 0.717) is 12.5 Å². The summed E-state index contributed by atoms with van der Waals surface area (Å²) in [4.78, 5) is 0. The Hall–Kier alpha value is -1.80. The summed E-state index contributed by atoms with van der Waals surface area (Å²) in [6, 6.07) is 15.4. The Kier molecular flexibility index (Phi) is 6.23. The molecule has 2 aromatic rings. The summed E-state index contributed by atoms with van der Waals surface area (Å²) in [6.45, 7) is 7.24. The van der Waals surface area contributed by atoms with Gasteiger partial charge >= 0.3 is 0 Å². The maximum absolute atomic E-state index is 6.09. The van der Waals surface area contributed by atoms with E-state index in [4.69, 9.17) is 10.5 Å². The number of benzene rings is 2. The van der Waals surface area contributed by atoms with Crippen LogP contribution in [0.5, 0.6) is 5.75 Å². The molecule has 0 aliphatic rings. The van der Waals surface area contributed by atoms with Crippen LogP contribution in [-0.2, 0) is 12.8 Å². The zero-order valence-corrected chi connectivity index (χ0v) is 14.8. The van der Waals surface area contributed by atoms with Crippen molar-refractivity contribution >= 4 is 0 Å². The predicted molar refractivity (Wildman–Crippen MR) is 98.4 cm³/mol. The van der Waals surface area contributed by atoms with E-state index in [-0.39, 0.29) is 5.92 Å². The van der Waals surface area contributed by atoms with Gasteiger partial charge in [0.25, 0.3) is 0 Å². The molecule has 2 N–H and O–H groups in total. The summed E-state index contributed by atoms with van der Waals surface area (Å²) >= 11 is 0. The molecule has 0 spiro atoms. The molecule has 2 aromatic carbocycles. The highest BCUT2D eigenvalue weighted by molar-refractivity contribution is 5.41. The monoisotopic (exact) mass is 311 g/mol. The van der Waals surface area contributed by atoms with Crippen LogP contribution in [0.3, 0.4) is 0 Å². The van der Waals surface area contributed by atoms with Crippen molar-refractivity contribution in [2.75, 3.05) is 13.7 Å². The third-order valence-corrected chi connectivity index (χ3v) is 4.56. The van der Waals surface area contributed by atoms with E-state index in [1.165, 1.54) is 22.3 Å². The zero-order valence-electron chi connectivity index (χ0n) is 14.8. The molecule has 0 radical (unpaired) electrons. The molecule has 2 heteroatoms. The van der Waals surface area contributed by atoms with Crippen molar-refractivity contribution in [3.05, 3.63) is 64.7 Å². The summed E-state index contributed by atoms with van der Waals surface area (Å²) < 4.78 is 5.56. The SMILES string of the molecule is CCc1ccc(OC)c(C(CN)Cc2ccc(C(C)C)cc2)c1. The number of aryl methyl sites for hydroxylation is 1. The number of ether oxygens (including phenoxy) is 1. The van der Waals surface area contributed by atoms with Gasteiger partial charge in [0.15, 0.2) is 0 Å². The minimum Gasteiger partial charge on any atom is -0.496 e. The Labute approximate surface area is 140 Å². The van der Waals surface area contributed by atoms with Crippen molar-refractivity contribution in [3.8, 4) is 5.75 Å². The first-order chi connectivity index (χ1) is 11.1.